The van der Waals surface area contributed by atoms with Crippen LogP contribution in [0, 0.1) is 0 Å². The van der Waals surface area contributed by atoms with Crippen molar-refractivity contribution in [3.8, 4) is 0 Å². The van der Waals surface area contributed by atoms with Gasteiger partial charge in [0, 0.05) is 18.7 Å². The second kappa shape index (κ2) is 8.63. The minimum Gasteiger partial charge on any atom is -0.469 e. The van der Waals surface area contributed by atoms with E-state index in [2.05, 4.69) is 9.46 Å². The van der Waals surface area contributed by atoms with E-state index in [1.807, 2.05) is 6.07 Å². The fraction of sp³-hybridized carbons (Fsp3) is 0.500. The van der Waals surface area contributed by atoms with Gasteiger partial charge in [-0.05, 0) is 37.0 Å². The average molecular weight is 315 g/mol. The summed E-state index contributed by atoms with van der Waals surface area (Å²) in [4.78, 5) is 10.9. The number of hydrogen-bond donors (Lipinski definition) is 2. The van der Waals surface area contributed by atoms with Gasteiger partial charge in [0.2, 0.25) is 10.0 Å². The molecule has 1 aromatic carbocycles. The summed E-state index contributed by atoms with van der Waals surface area (Å²) < 4.78 is 30.7. The van der Waals surface area contributed by atoms with Crippen molar-refractivity contribution in [1.82, 2.24) is 0 Å². The van der Waals surface area contributed by atoms with Crippen LogP contribution in [0.4, 0.5) is 5.69 Å². The SMILES string of the molecule is COC(=O)CCCS(=O)(=O)Nc1cccc(CCCO)c1. The van der Waals surface area contributed by atoms with Crippen LogP contribution in [0.3, 0.4) is 0 Å². The summed E-state index contributed by atoms with van der Waals surface area (Å²) in [5.41, 5.74) is 1.45. The first-order valence-electron chi connectivity index (χ1n) is 6.74. The summed E-state index contributed by atoms with van der Waals surface area (Å²) >= 11 is 0. The van der Waals surface area contributed by atoms with Crippen molar-refractivity contribution < 1.29 is 23.1 Å². The van der Waals surface area contributed by atoms with Crippen LogP contribution in [0.25, 0.3) is 0 Å². The van der Waals surface area contributed by atoms with Crippen LogP contribution in [-0.4, -0.2) is 39.0 Å². The molecule has 0 saturated heterocycles. The van der Waals surface area contributed by atoms with Crippen molar-refractivity contribution in [3.05, 3.63) is 29.8 Å². The van der Waals surface area contributed by atoms with Gasteiger partial charge >= 0.3 is 5.97 Å². The Kier molecular flexibility index (Phi) is 7.18. The van der Waals surface area contributed by atoms with E-state index in [4.69, 9.17) is 5.11 Å². The van der Waals surface area contributed by atoms with Gasteiger partial charge in [-0.2, -0.15) is 0 Å². The number of aliphatic hydroxyl groups is 1. The van der Waals surface area contributed by atoms with Gasteiger partial charge in [-0.1, -0.05) is 12.1 Å². The maximum absolute atomic E-state index is 11.9. The van der Waals surface area contributed by atoms with Crippen molar-refractivity contribution in [2.75, 3.05) is 24.2 Å². The first-order chi connectivity index (χ1) is 9.96. The topological polar surface area (TPSA) is 92.7 Å². The molecule has 1 rings (SSSR count). The molecule has 0 fully saturated rings. The lowest BCUT2D eigenvalue weighted by Gasteiger charge is -2.09. The second-order valence-corrected chi connectivity index (χ2v) is 6.47. The monoisotopic (exact) mass is 315 g/mol. The number of nitrogens with one attached hydrogen (secondary N) is 1. The van der Waals surface area contributed by atoms with Crippen LogP contribution in [0.2, 0.25) is 0 Å². The molecule has 0 aliphatic carbocycles. The number of aryl methyl sites for hydroxylation is 1. The van der Waals surface area contributed by atoms with Crippen LogP contribution >= 0.6 is 0 Å². The Morgan fingerprint density at radius 1 is 1.33 bits per heavy atom. The molecule has 7 heteroatoms. The molecular weight excluding hydrogens is 294 g/mol. The van der Waals surface area contributed by atoms with Gasteiger partial charge in [-0.3, -0.25) is 9.52 Å². The highest BCUT2D eigenvalue weighted by Gasteiger charge is 2.12. The molecule has 118 valence electrons. The lowest BCUT2D eigenvalue weighted by molar-refractivity contribution is -0.140. The molecule has 0 unspecified atom stereocenters. The van der Waals surface area contributed by atoms with E-state index in [-0.39, 0.29) is 25.2 Å². The van der Waals surface area contributed by atoms with Crippen molar-refractivity contribution in [3.63, 3.8) is 0 Å². The summed E-state index contributed by atoms with van der Waals surface area (Å²) in [6, 6.07) is 7.05. The zero-order chi connectivity index (χ0) is 15.7. The molecule has 0 spiro atoms. The van der Waals surface area contributed by atoms with Gasteiger partial charge < -0.3 is 9.84 Å². The molecule has 0 saturated carbocycles. The van der Waals surface area contributed by atoms with Gasteiger partial charge in [0.25, 0.3) is 0 Å². The molecule has 2 N–H and O–H groups in total. The number of benzene rings is 1. The molecule has 0 atom stereocenters. The molecule has 0 aromatic heterocycles. The van der Waals surface area contributed by atoms with E-state index in [9.17, 15) is 13.2 Å². The first-order valence-corrected chi connectivity index (χ1v) is 8.39. The molecule has 21 heavy (non-hydrogen) atoms. The molecule has 0 radical (unpaired) electrons. The lowest BCUT2D eigenvalue weighted by Crippen LogP contribution is -2.17. The highest BCUT2D eigenvalue weighted by molar-refractivity contribution is 7.92. The third-order valence-electron chi connectivity index (χ3n) is 2.85. The van der Waals surface area contributed by atoms with Crippen LogP contribution in [0.15, 0.2) is 24.3 Å². The smallest absolute Gasteiger partial charge is 0.305 e. The molecular formula is C14H21NO5S. The maximum Gasteiger partial charge on any atom is 0.305 e. The highest BCUT2D eigenvalue weighted by Crippen LogP contribution is 2.14. The number of sulfonamides is 1. The Hall–Kier alpha value is -1.60. The molecule has 0 bridgehead atoms. The Morgan fingerprint density at radius 3 is 2.76 bits per heavy atom. The highest BCUT2D eigenvalue weighted by atomic mass is 32.2. The van der Waals surface area contributed by atoms with Gasteiger partial charge in [0.1, 0.15) is 0 Å². The van der Waals surface area contributed by atoms with Gasteiger partial charge in [-0.15, -0.1) is 0 Å². The predicted molar refractivity (Wildman–Crippen MR) is 80.5 cm³/mol. The van der Waals surface area contributed by atoms with E-state index in [0.29, 0.717) is 18.5 Å². The fourth-order valence-electron chi connectivity index (χ4n) is 1.81. The number of carbonyl (C=O) groups is 1. The zero-order valence-corrected chi connectivity index (χ0v) is 12.9. The average Bonchev–Trinajstić information content (AvgIpc) is 2.44. The number of rotatable bonds is 9. The Balaban J connectivity index is 2.56. The summed E-state index contributed by atoms with van der Waals surface area (Å²) in [5, 5.41) is 8.80. The van der Waals surface area contributed by atoms with Gasteiger partial charge in [0.15, 0.2) is 0 Å². The first kappa shape index (κ1) is 17.5. The van der Waals surface area contributed by atoms with Crippen LogP contribution in [0.5, 0.6) is 0 Å². The minimum absolute atomic E-state index is 0.0773. The van der Waals surface area contributed by atoms with E-state index < -0.39 is 16.0 Å². The number of esters is 1. The third kappa shape index (κ3) is 7.10. The Morgan fingerprint density at radius 2 is 2.10 bits per heavy atom. The van der Waals surface area contributed by atoms with Gasteiger partial charge in [0.05, 0.1) is 12.9 Å². The molecule has 0 amide bonds. The number of carbonyl (C=O) groups excluding carboxylic acids is 1. The number of hydrogen-bond acceptors (Lipinski definition) is 5. The Labute approximate surface area is 125 Å². The number of ether oxygens (including phenoxy) is 1. The number of anilines is 1. The second-order valence-electron chi connectivity index (χ2n) is 4.63. The quantitative estimate of drug-likeness (QED) is 0.670. The molecule has 1 aromatic rings. The van der Waals surface area contributed by atoms with Crippen molar-refractivity contribution in [1.29, 1.82) is 0 Å². The van der Waals surface area contributed by atoms with Crippen LogP contribution in [0.1, 0.15) is 24.8 Å². The van der Waals surface area contributed by atoms with Crippen molar-refractivity contribution >= 4 is 21.7 Å². The predicted octanol–water partition coefficient (Wildman–Crippen LogP) is 1.31. The summed E-state index contributed by atoms with van der Waals surface area (Å²) in [7, 11) is -2.21. The minimum atomic E-state index is -3.48. The van der Waals surface area contributed by atoms with Crippen molar-refractivity contribution in [2.45, 2.75) is 25.7 Å². The van der Waals surface area contributed by atoms with E-state index in [1.54, 1.807) is 18.2 Å². The van der Waals surface area contributed by atoms with Crippen molar-refractivity contribution in [2.24, 2.45) is 0 Å². The largest absolute Gasteiger partial charge is 0.469 e. The van der Waals surface area contributed by atoms with E-state index in [1.165, 1.54) is 7.11 Å². The molecule has 6 nitrogen and oxygen atoms in total. The zero-order valence-electron chi connectivity index (χ0n) is 12.0. The maximum atomic E-state index is 11.9. The summed E-state index contributed by atoms with van der Waals surface area (Å²) in [6.07, 6.45) is 1.61. The van der Waals surface area contributed by atoms with Gasteiger partial charge in [-0.25, -0.2) is 8.42 Å². The molecule has 0 aliphatic heterocycles. The number of methoxy groups -OCH3 is 1. The fourth-order valence-corrected chi connectivity index (χ4v) is 2.93. The summed E-state index contributed by atoms with van der Waals surface area (Å²) in [6.45, 7) is 0.101. The summed E-state index contributed by atoms with van der Waals surface area (Å²) in [5.74, 6) is -0.556. The number of aliphatic hydroxyl groups excluding tert-OH is 1. The van der Waals surface area contributed by atoms with E-state index in [0.717, 1.165) is 5.56 Å². The Bertz CT molecular complexity index is 556. The molecule has 0 heterocycles. The lowest BCUT2D eigenvalue weighted by atomic mass is 10.1. The normalized spacial score (nSPS) is 11.1. The molecule has 0 aliphatic rings. The van der Waals surface area contributed by atoms with Crippen LogP contribution in [-0.2, 0) is 26.0 Å². The van der Waals surface area contributed by atoms with Crippen LogP contribution < -0.4 is 4.72 Å². The third-order valence-corrected chi connectivity index (χ3v) is 4.22. The van der Waals surface area contributed by atoms with E-state index >= 15 is 0 Å². The standard InChI is InChI=1S/C14H21NO5S/c1-20-14(17)8-4-10-21(18,19)15-13-7-2-5-12(11-13)6-3-9-16/h2,5,7,11,15-16H,3-4,6,8-10H2,1H3.